The second kappa shape index (κ2) is 6.93. The van der Waals surface area contributed by atoms with Gasteiger partial charge in [-0.05, 0) is 37.2 Å². The van der Waals surface area contributed by atoms with Crippen molar-refractivity contribution in [2.75, 3.05) is 6.54 Å². The van der Waals surface area contributed by atoms with Crippen LogP contribution in [-0.2, 0) is 6.54 Å². The molecule has 1 heterocycles. The van der Waals surface area contributed by atoms with Crippen LogP contribution in [0.25, 0.3) is 0 Å². The van der Waals surface area contributed by atoms with Crippen molar-refractivity contribution >= 4 is 23.2 Å². The number of pyridine rings is 1. The number of hydrogen-bond acceptors (Lipinski definition) is 3. The van der Waals surface area contributed by atoms with Crippen LogP contribution in [0.3, 0.4) is 0 Å². The Kier molecular flexibility index (Phi) is 5.24. The first-order valence-corrected chi connectivity index (χ1v) is 7.16. The highest BCUT2D eigenvalue weighted by Crippen LogP contribution is 2.28. The Morgan fingerprint density at radius 2 is 2.00 bits per heavy atom. The molecule has 0 amide bonds. The summed E-state index contributed by atoms with van der Waals surface area (Å²) in [6.45, 7) is 5.46. The Morgan fingerprint density at radius 1 is 1.20 bits per heavy atom. The van der Waals surface area contributed by atoms with E-state index in [1.54, 1.807) is 18.2 Å². The summed E-state index contributed by atoms with van der Waals surface area (Å²) in [6, 6.07) is 9.05. The summed E-state index contributed by atoms with van der Waals surface area (Å²) in [7, 11) is 0. The van der Waals surface area contributed by atoms with Crippen molar-refractivity contribution in [2.45, 2.75) is 20.4 Å². The molecule has 0 aliphatic rings. The van der Waals surface area contributed by atoms with Crippen LogP contribution in [0.15, 0.2) is 30.3 Å². The lowest BCUT2D eigenvalue weighted by Gasteiger charge is -2.10. The zero-order valence-electron chi connectivity index (χ0n) is 11.4. The van der Waals surface area contributed by atoms with E-state index in [9.17, 15) is 0 Å². The SMILES string of the molecule is CCNCc1nc(Oc2cc(Cl)ccc2C)ccc1Cl. The minimum atomic E-state index is 0.507. The van der Waals surface area contributed by atoms with Crippen molar-refractivity contribution in [3.05, 3.63) is 51.6 Å². The van der Waals surface area contributed by atoms with E-state index in [4.69, 9.17) is 27.9 Å². The molecule has 1 aromatic carbocycles. The van der Waals surface area contributed by atoms with Crippen molar-refractivity contribution in [2.24, 2.45) is 0 Å². The molecule has 5 heteroatoms. The number of ether oxygens (including phenoxy) is 1. The molecule has 0 fully saturated rings. The van der Waals surface area contributed by atoms with Gasteiger partial charge in [-0.2, -0.15) is 0 Å². The van der Waals surface area contributed by atoms with Crippen molar-refractivity contribution in [1.29, 1.82) is 0 Å². The highest BCUT2D eigenvalue weighted by Gasteiger charge is 2.07. The van der Waals surface area contributed by atoms with Crippen LogP contribution in [-0.4, -0.2) is 11.5 Å². The second-order valence-corrected chi connectivity index (χ2v) is 5.21. The number of rotatable bonds is 5. The number of aryl methyl sites for hydroxylation is 1. The van der Waals surface area contributed by atoms with Gasteiger partial charge < -0.3 is 10.1 Å². The molecule has 1 N–H and O–H groups in total. The third-order valence-electron chi connectivity index (χ3n) is 2.80. The molecule has 0 bridgehead atoms. The molecular formula is C15H16Cl2N2O. The minimum absolute atomic E-state index is 0.507. The largest absolute Gasteiger partial charge is 0.439 e. The molecule has 0 atom stereocenters. The van der Waals surface area contributed by atoms with Gasteiger partial charge in [0.05, 0.1) is 10.7 Å². The Bertz CT molecular complexity index is 602. The molecule has 20 heavy (non-hydrogen) atoms. The summed E-state index contributed by atoms with van der Waals surface area (Å²) in [5.41, 5.74) is 1.77. The van der Waals surface area contributed by atoms with Crippen LogP contribution in [0.5, 0.6) is 11.6 Å². The molecule has 2 rings (SSSR count). The molecule has 2 aromatic rings. The predicted molar refractivity (Wildman–Crippen MR) is 82.9 cm³/mol. The van der Waals surface area contributed by atoms with Crippen LogP contribution in [0, 0.1) is 6.92 Å². The third kappa shape index (κ3) is 3.85. The van der Waals surface area contributed by atoms with Crippen molar-refractivity contribution < 1.29 is 4.74 Å². The van der Waals surface area contributed by atoms with E-state index in [1.807, 2.05) is 26.0 Å². The molecule has 0 aliphatic carbocycles. The van der Waals surface area contributed by atoms with E-state index in [0.29, 0.717) is 28.2 Å². The fraction of sp³-hybridized carbons (Fsp3) is 0.267. The fourth-order valence-electron chi connectivity index (χ4n) is 1.69. The van der Waals surface area contributed by atoms with E-state index < -0.39 is 0 Å². The van der Waals surface area contributed by atoms with Gasteiger partial charge in [-0.25, -0.2) is 4.98 Å². The number of benzene rings is 1. The van der Waals surface area contributed by atoms with Crippen LogP contribution in [0.4, 0.5) is 0 Å². The molecule has 1 aromatic heterocycles. The van der Waals surface area contributed by atoms with E-state index in [2.05, 4.69) is 10.3 Å². The predicted octanol–water partition coefficient (Wildman–Crippen LogP) is 4.60. The average Bonchev–Trinajstić information content (AvgIpc) is 2.43. The first-order valence-electron chi connectivity index (χ1n) is 6.40. The van der Waals surface area contributed by atoms with Gasteiger partial charge in [-0.15, -0.1) is 0 Å². The molecule has 0 aliphatic heterocycles. The van der Waals surface area contributed by atoms with E-state index in [1.165, 1.54) is 0 Å². The lowest BCUT2D eigenvalue weighted by Crippen LogP contribution is -2.13. The normalized spacial score (nSPS) is 10.6. The van der Waals surface area contributed by atoms with Gasteiger partial charge in [0, 0.05) is 17.6 Å². The second-order valence-electron chi connectivity index (χ2n) is 4.37. The topological polar surface area (TPSA) is 34.2 Å². The zero-order valence-corrected chi connectivity index (χ0v) is 12.9. The van der Waals surface area contributed by atoms with Gasteiger partial charge in [0.15, 0.2) is 0 Å². The van der Waals surface area contributed by atoms with E-state index in [-0.39, 0.29) is 0 Å². The van der Waals surface area contributed by atoms with Gasteiger partial charge in [0.1, 0.15) is 5.75 Å². The third-order valence-corrected chi connectivity index (χ3v) is 3.38. The van der Waals surface area contributed by atoms with Crippen LogP contribution >= 0.6 is 23.2 Å². The summed E-state index contributed by atoms with van der Waals surface area (Å²) in [5, 5.41) is 4.45. The molecule has 0 spiro atoms. The summed E-state index contributed by atoms with van der Waals surface area (Å²) < 4.78 is 5.78. The van der Waals surface area contributed by atoms with Crippen molar-refractivity contribution in [3.8, 4) is 11.6 Å². The van der Waals surface area contributed by atoms with Gasteiger partial charge in [0.25, 0.3) is 0 Å². The number of halogens is 2. The number of hydrogen-bond donors (Lipinski definition) is 1. The summed E-state index contributed by atoms with van der Waals surface area (Å²) in [4.78, 5) is 4.42. The number of nitrogens with zero attached hydrogens (tertiary/aromatic N) is 1. The Morgan fingerprint density at radius 3 is 2.75 bits per heavy atom. The standard InChI is InChI=1S/C15H16Cl2N2O/c1-3-18-9-13-12(17)6-7-15(19-13)20-14-8-11(16)5-4-10(14)2/h4-8,18H,3,9H2,1-2H3. The van der Waals surface area contributed by atoms with Crippen LogP contribution in [0.1, 0.15) is 18.2 Å². The molecule has 0 radical (unpaired) electrons. The van der Waals surface area contributed by atoms with Crippen molar-refractivity contribution in [3.63, 3.8) is 0 Å². The maximum atomic E-state index is 6.11. The Hall–Kier alpha value is -1.29. The highest BCUT2D eigenvalue weighted by atomic mass is 35.5. The average molecular weight is 311 g/mol. The highest BCUT2D eigenvalue weighted by molar-refractivity contribution is 6.31. The molecule has 0 saturated carbocycles. The smallest absolute Gasteiger partial charge is 0.219 e. The number of nitrogens with one attached hydrogen (secondary N) is 1. The maximum Gasteiger partial charge on any atom is 0.219 e. The Balaban J connectivity index is 2.22. The van der Waals surface area contributed by atoms with Gasteiger partial charge in [-0.1, -0.05) is 36.2 Å². The minimum Gasteiger partial charge on any atom is -0.439 e. The lowest BCUT2D eigenvalue weighted by molar-refractivity contribution is 0.456. The van der Waals surface area contributed by atoms with Gasteiger partial charge >= 0.3 is 0 Å². The molecule has 0 saturated heterocycles. The quantitative estimate of drug-likeness (QED) is 0.876. The van der Waals surface area contributed by atoms with Gasteiger partial charge in [0.2, 0.25) is 5.88 Å². The zero-order chi connectivity index (χ0) is 14.5. The molecule has 106 valence electrons. The first kappa shape index (κ1) is 15.1. The monoisotopic (exact) mass is 310 g/mol. The summed E-state index contributed by atoms with van der Waals surface area (Å²) >= 11 is 12.1. The van der Waals surface area contributed by atoms with Crippen LogP contribution in [0.2, 0.25) is 10.0 Å². The Labute approximate surface area is 128 Å². The lowest BCUT2D eigenvalue weighted by atomic mass is 10.2. The fourth-order valence-corrected chi connectivity index (χ4v) is 2.02. The maximum absolute atomic E-state index is 6.11. The molecule has 3 nitrogen and oxygen atoms in total. The first-order chi connectivity index (χ1) is 9.60. The summed E-state index contributed by atoms with van der Waals surface area (Å²) in [6.07, 6.45) is 0. The van der Waals surface area contributed by atoms with Gasteiger partial charge in [-0.3, -0.25) is 0 Å². The van der Waals surface area contributed by atoms with Crippen molar-refractivity contribution in [1.82, 2.24) is 10.3 Å². The van der Waals surface area contributed by atoms with E-state index in [0.717, 1.165) is 17.8 Å². The molecule has 0 unspecified atom stereocenters. The molecular weight excluding hydrogens is 295 g/mol. The summed E-state index contributed by atoms with van der Waals surface area (Å²) in [5.74, 6) is 1.20. The van der Waals surface area contributed by atoms with E-state index >= 15 is 0 Å². The number of aromatic nitrogens is 1. The van der Waals surface area contributed by atoms with Crippen LogP contribution < -0.4 is 10.1 Å².